The standard InChI is InChI=1S/C16H21ClN2O5S/c1-3-19(12-6-7-25(22,23)9-12)15(20)10(2)24-16(21)13-5-4-11(17)8-14(13)18/h4-5,8,10,12H,3,6-7,9,18H2,1-2H3/t10-,12-/m0/s1. The highest BCUT2D eigenvalue weighted by atomic mass is 35.5. The van der Waals surface area contributed by atoms with Gasteiger partial charge in [-0.3, -0.25) is 4.79 Å². The molecular weight excluding hydrogens is 368 g/mol. The highest BCUT2D eigenvalue weighted by molar-refractivity contribution is 7.91. The largest absolute Gasteiger partial charge is 0.449 e. The maximum Gasteiger partial charge on any atom is 0.341 e. The van der Waals surface area contributed by atoms with Gasteiger partial charge in [-0.05, 0) is 38.5 Å². The minimum atomic E-state index is -3.12. The van der Waals surface area contributed by atoms with Gasteiger partial charge in [0.1, 0.15) is 0 Å². The van der Waals surface area contributed by atoms with Gasteiger partial charge in [0.2, 0.25) is 0 Å². The maximum atomic E-state index is 12.6. The Morgan fingerprint density at radius 1 is 1.44 bits per heavy atom. The molecule has 0 aromatic heterocycles. The van der Waals surface area contributed by atoms with Crippen LogP contribution in [0.4, 0.5) is 5.69 Å². The maximum absolute atomic E-state index is 12.6. The molecule has 1 aliphatic rings. The lowest BCUT2D eigenvalue weighted by Crippen LogP contribution is -2.46. The van der Waals surface area contributed by atoms with Crippen molar-refractivity contribution in [2.24, 2.45) is 0 Å². The molecule has 0 aliphatic carbocycles. The third kappa shape index (κ3) is 4.64. The number of hydrogen-bond acceptors (Lipinski definition) is 6. The van der Waals surface area contributed by atoms with E-state index in [4.69, 9.17) is 22.1 Å². The van der Waals surface area contributed by atoms with Gasteiger partial charge >= 0.3 is 5.97 Å². The van der Waals surface area contributed by atoms with Crippen molar-refractivity contribution in [2.45, 2.75) is 32.4 Å². The average Bonchev–Trinajstić information content (AvgIpc) is 2.87. The number of anilines is 1. The zero-order valence-electron chi connectivity index (χ0n) is 14.1. The van der Waals surface area contributed by atoms with Crippen LogP contribution in [-0.4, -0.2) is 55.4 Å². The van der Waals surface area contributed by atoms with Crippen LogP contribution in [0, 0.1) is 0 Å². The van der Waals surface area contributed by atoms with Crippen molar-refractivity contribution in [2.75, 3.05) is 23.8 Å². The molecule has 1 aromatic carbocycles. The topological polar surface area (TPSA) is 107 Å². The Morgan fingerprint density at radius 3 is 2.64 bits per heavy atom. The van der Waals surface area contributed by atoms with Gasteiger partial charge in [0.25, 0.3) is 5.91 Å². The number of esters is 1. The molecule has 2 atom stereocenters. The van der Waals surface area contributed by atoms with E-state index in [2.05, 4.69) is 0 Å². The Kier molecular flexibility index (Phi) is 5.95. The summed E-state index contributed by atoms with van der Waals surface area (Å²) in [6.07, 6.45) is -0.655. The molecule has 1 amide bonds. The predicted molar refractivity (Wildman–Crippen MR) is 95.2 cm³/mol. The van der Waals surface area contributed by atoms with E-state index in [0.717, 1.165) is 0 Å². The highest BCUT2D eigenvalue weighted by Crippen LogP contribution is 2.21. The first-order valence-electron chi connectivity index (χ1n) is 7.91. The van der Waals surface area contributed by atoms with Gasteiger partial charge in [-0.15, -0.1) is 0 Å². The third-order valence-electron chi connectivity index (χ3n) is 4.14. The molecule has 138 valence electrons. The first-order valence-corrected chi connectivity index (χ1v) is 10.1. The highest BCUT2D eigenvalue weighted by Gasteiger charge is 2.36. The smallest absolute Gasteiger partial charge is 0.341 e. The number of benzene rings is 1. The van der Waals surface area contributed by atoms with E-state index in [9.17, 15) is 18.0 Å². The molecule has 1 fully saturated rings. The van der Waals surface area contributed by atoms with Crippen molar-refractivity contribution < 1.29 is 22.7 Å². The second kappa shape index (κ2) is 7.61. The molecule has 2 rings (SSSR count). The van der Waals surface area contributed by atoms with Crippen LogP contribution in [0.25, 0.3) is 0 Å². The molecule has 1 aliphatic heterocycles. The molecule has 1 aromatic rings. The van der Waals surface area contributed by atoms with E-state index in [1.165, 1.54) is 30.0 Å². The Hall–Kier alpha value is -1.80. The van der Waals surface area contributed by atoms with Gasteiger partial charge in [-0.25, -0.2) is 13.2 Å². The van der Waals surface area contributed by atoms with Crippen LogP contribution in [0.5, 0.6) is 0 Å². The van der Waals surface area contributed by atoms with Gasteiger partial charge in [-0.2, -0.15) is 0 Å². The molecule has 0 radical (unpaired) electrons. The van der Waals surface area contributed by atoms with Crippen molar-refractivity contribution in [3.05, 3.63) is 28.8 Å². The lowest BCUT2D eigenvalue weighted by Gasteiger charge is -2.29. The van der Waals surface area contributed by atoms with Gasteiger partial charge in [0.05, 0.1) is 17.1 Å². The zero-order valence-corrected chi connectivity index (χ0v) is 15.6. The van der Waals surface area contributed by atoms with Gasteiger partial charge in [-0.1, -0.05) is 11.6 Å². The van der Waals surface area contributed by atoms with Crippen molar-refractivity contribution in [1.82, 2.24) is 4.90 Å². The molecule has 25 heavy (non-hydrogen) atoms. The van der Waals surface area contributed by atoms with Gasteiger partial charge in [0, 0.05) is 23.3 Å². The van der Waals surface area contributed by atoms with Crippen LogP contribution >= 0.6 is 11.6 Å². The van der Waals surface area contributed by atoms with Crippen LogP contribution in [0.3, 0.4) is 0 Å². The van der Waals surface area contributed by atoms with Crippen LogP contribution in [0.1, 0.15) is 30.6 Å². The Bertz CT molecular complexity index is 781. The molecule has 7 nitrogen and oxygen atoms in total. The van der Waals surface area contributed by atoms with Gasteiger partial charge < -0.3 is 15.4 Å². The van der Waals surface area contributed by atoms with E-state index >= 15 is 0 Å². The predicted octanol–water partition coefficient (Wildman–Crippen LogP) is 1.50. The molecule has 0 bridgehead atoms. The molecule has 9 heteroatoms. The number of nitrogen functional groups attached to an aromatic ring is 1. The normalized spacial score (nSPS) is 20.0. The molecule has 0 saturated carbocycles. The summed E-state index contributed by atoms with van der Waals surface area (Å²) in [5.41, 5.74) is 6.02. The molecule has 2 N–H and O–H groups in total. The summed E-state index contributed by atoms with van der Waals surface area (Å²) in [7, 11) is -3.12. The zero-order chi connectivity index (χ0) is 18.8. The first kappa shape index (κ1) is 19.5. The number of nitrogens with two attached hydrogens (primary N) is 1. The van der Waals surface area contributed by atoms with Crippen molar-refractivity contribution in [1.29, 1.82) is 0 Å². The van der Waals surface area contributed by atoms with Crippen LogP contribution in [0.2, 0.25) is 5.02 Å². The number of nitrogens with zero attached hydrogens (tertiary/aromatic N) is 1. The number of halogens is 1. The monoisotopic (exact) mass is 388 g/mol. The van der Waals surface area contributed by atoms with Crippen molar-refractivity contribution in [3.8, 4) is 0 Å². The van der Waals surface area contributed by atoms with E-state index in [1.807, 2.05) is 0 Å². The minimum absolute atomic E-state index is 0.0582. The van der Waals surface area contributed by atoms with Gasteiger partial charge in [0.15, 0.2) is 15.9 Å². The minimum Gasteiger partial charge on any atom is -0.449 e. The number of carbonyl (C=O) groups is 2. The summed E-state index contributed by atoms with van der Waals surface area (Å²) in [5, 5.41) is 0.387. The van der Waals surface area contributed by atoms with E-state index < -0.39 is 27.8 Å². The van der Waals surface area contributed by atoms with Crippen LogP contribution < -0.4 is 5.73 Å². The summed E-state index contributed by atoms with van der Waals surface area (Å²) in [4.78, 5) is 26.2. The second-order valence-corrected chi connectivity index (χ2v) is 8.63. The van der Waals surface area contributed by atoms with E-state index in [1.54, 1.807) is 6.92 Å². The fourth-order valence-electron chi connectivity index (χ4n) is 2.84. The number of ether oxygens (including phenoxy) is 1. The summed E-state index contributed by atoms with van der Waals surface area (Å²) >= 11 is 5.79. The Balaban J connectivity index is 2.06. The summed E-state index contributed by atoms with van der Waals surface area (Å²) in [6, 6.07) is 3.97. The number of rotatable bonds is 5. The molecular formula is C16H21ClN2O5S. The lowest BCUT2D eigenvalue weighted by atomic mass is 10.1. The summed E-state index contributed by atoms with van der Waals surface area (Å²) in [5.74, 6) is -1.15. The third-order valence-corrected chi connectivity index (χ3v) is 6.12. The lowest BCUT2D eigenvalue weighted by molar-refractivity contribution is -0.141. The van der Waals surface area contributed by atoms with Crippen LogP contribution in [0.15, 0.2) is 18.2 Å². The van der Waals surface area contributed by atoms with Crippen molar-refractivity contribution in [3.63, 3.8) is 0 Å². The second-order valence-electron chi connectivity index (χ2n) is 5.96. The Labute approximate surface area is 152 Å². The fourth-order valence-corrected chi connectivity index (χ4v) is 4.75. The molecule has 1 saturated heterocycles. The number of hydrogen-bond donors (Lipinski definition) is 1. The SMILES string of the molecule is CCN(C(=O)[C@H](C)OC(=O)c1ccc(Cl)cc1N)[C@H]1CCS(=O)(=O)C1. The van der Waals surface area contributed by atoms with Crippen LogP contribution in [-0.2, 0) is 19.4 Å². The average molecular weight is 389 g/mol. The van der Waals surface area contributed by atoms with Crippen molar-refractivity contribution >= 4 is 39.0 Å². The summed E-state index contributed by atoms with van der Waals surface area (Å²) < 4.78 is 28.5. The Morgan fingerprint density at radius 2 is 2.12 bits per heavy atom. The number of likely N-dealkylation sites (N-methyl/N-ethyl adjacent to an activating group) is 1. The first-order chi connectivity index (χ1) is 11.6. The number of amides is 1. The number of sulfone groups is 1. The quantitative estimate of drug-likeness (QED) is 0.605. The fraction of sp³-hybridized carbons (Fsp3) is 0.500. The molecule has 1 heterocycles. The number of carbonyl (C=O) groups excluding carboxylic acids is 2. The van der Waals surface area contributed by atoms with E-state index in [-0.39, 0.29) is 28.8 Å². The molecule has 0 spiro atoms. The molecule has 0 unspecified atom stereocenters. The summed E-state index contributed by atoms with van der Waals surface area (Å²) in [6.45, 7) is 3.55. The van der Waals surface area contributed by atoms with E-state index in [0.29, 0.717) is 18.0 Å².